The van der Waals surface area contributed by atoms with Crippen molar-refractivity contribution in [2.24, 2.45) is 0 Å². The van der Waals surface area contributed by atoms with E-state index in [1.54, 1.807) is 18.2 Å². The summed E-state index contributed by atoms with van der Waals surface area (Å²) in [6, 6.07) is 11.0. The second-order valence-electron chi connectivity index (χ2n) is 5.33. The molecule has 0 fully saturated rings. The zero-order valence-electron chi connectivity index (χ0n) is 12.1. The molecule has 110 valence electrons. The monoisotopic (exact) mass is 303 g/mol. The maximum atomic E-state index is 13.7. The van der Waals surface area contributed by atoms with E-state index in [4.69, 9.17) is 12.2 Å². The van der Waals surface area contributed by atoms with Gasteiger partial charge in [-0.25, -0.2) is 4.39 Å². The number of fused-ring (bicyclic) bond motifs is 1. The van der Waals surface area contributed by atoms with Gasteiger partial charge in [0.25, 0.3) is 0 Å². The zero-order valence-corrected chi connectivity index (χ0v) is 13.0. The third-order valence-electron chi connectivity index (χ3n) is 4.07. The zero-order chi connectivity index (χ0) is 15.0. The van der Waals surface area contributed by atoms with Gasteiger partial charge in [0, 0.05) is 24.5 Å². The number of rotatable bonds is 1. The fourth-order valence-corrected chi connectivity index (χ4v) is 3.21. The Balaban J connectivity index is 1.79. The molecule has 0 saturated heterocycles. The van der Waals surface area contributed by atoms with Gasteiger partial charge in [-0.2, -0.15) is 0 Å². The van der Waals surface area contributed by atoms with Gasteiger partial charge in [0.1, 0.15) is 5.82 Å². The van der Waals surface area contributed by atoms with Gasteiger partial charge in [0.2, 0.25) is 0 Å². The van der Waals surface area contributed by atoms with Gasteiger partial charge >= 0.3 is 0 Å². The molecule has 0 unspecified atom stereocenters. The molecular weight excluding hydrogens is 285 g/mol. The third kappa shape index (κ3) is 2.53. The van der Waals surface area contributed by atoms with Crippen LogP contribution in [0, 0.1) is 12.7 Å². The van der Waals surface area contributed by atoms with E-state index in [-0.39, 0.29) is 11.9 Å². The third-order valence-corrected chi connectivity index (χ3v) is 4.41. The first-order valence-corrected chi connectivity index (χ1v) is 7.47. The van der Waals surface area contributed by atoms with Crippen molar-refractivity contribution in [3.05, 3.63) is 53.6 Å². The van der Waals surface area contributed by atoms with Gasteiger partial charge in [0.05, 0.1) is 11.7 Å². The maximum Gasteiger partial charge on any atom is 0.174 e. The molecule has 1 aromatic carbocycles. The first kappa shape index (κ1) is 14.1. The van der Waals surface area contributed by atoms with Crippen LogP contribution < -0.4 is 5.32 Å². The van der Waals surface area contributed by atoms with Crippen molar-refractivity contribution in [1.29, 1.82) is 0 Å². The van der Waals surface area contributed by atoms with Crippen LogP contribution in [0.25, 0.3) is 0 Å². The van der Waals surface area contributed by atoms with Crippen molar-refractivity contribution in [3.63, 3.8) is 0 Å². The number of benzene rings is 1. The molecule has 5 heteroatoms. The van der Waals surface area contributed by atoms with Gasteiger partial charge in [-0.3, -0.25) is 0 Å². The van der Waals surface area contributed by atoms with Crippen LogP contribution in [-0.2, 0) is 6.54 Å². The van der Waals surface area contributed by atoms with E-state index < -0.39 is 0 Å². The molecule has 1 aromatic heterocycles. The molecule has 3 nitrogen and oxygen atoms in total. The SMILES string of the molecule is Cc1ccc2n1CCN(C(=S)Nc1ccccc1F)[C@H]2C. The summed E-state index contributed by atoms with van der Waals surface area (Å²) in [6.45, 7) is 5.96. The molecule has 1 atom stereocenters. The van der Waals surface area contributed by atoms with Gasteiger partial charge in [-0.15, -0.1) is 0 Å². The topological polar surface area (TPSA) is 20.2 Å². The number of thiocarbonyl (C=S) groups is 1. The molecule has 0 spiro atoms. The number of hydrogen-bond donors (Lipinski definition) is 1. The van der Waals surface area contributed by atoms with E-state index in [1.165, 1.54) is 17.5 Å². The lowest BCUT2D eigenvalue weighted by Gasteiger charge is -2.37. The summed E-state index contributed by atoms with van der Waals surface area (Å²) in [5.74, 6) is -0.288. The molecule has 0 radical (unpaired) electrons. The number of nitrogens with one attached hydrogen (secondary N) is 1. The van der Waals surface area contributed by atoms with Crippen LogP contribution in [0.15, 0.2) is 36.4 Å². The van der Waals surface area contributed by atoms with Crippen LogP contribution in [0.3, 0.4) is 0 Å². The highest BCUT2D eigenvalue weighted by molar-refractivity contribution is 7.80. The molecule has 2 heterocycles. The van der Waals surface area contributed by atoms with E-state index in [0.29, 0.717) is 10.8 Å². The Morgan fingerprint density at radius 2 is 2.00 bits per heavy atom. The quantitative estimate of drug-likeness (QED) is 0.811. The highest BCUT2D eigenvalue weighted by atomic mass is 32.1. The smallest absolute Gasteiger partial charge is 0.174 e. The van der Waals surface area contributed by atoms with Crippen LogP contribution in [-0.4, -0.2) is 21.1 Å². The van der Waals surface area contributed by atoms with Crippen molar-refractivity contribution >= 4 is 23.0 Å². The second kappa shape index (κ2) is 5.48. The Kier molecular flexibility index (Phi) is 3.68. The molecular formula is C16H18FN3S. The van der Waals surface area contributed by atoms with E-state index in [1.807, 2.05) is 0 Å². The van der Waals surface area contributed by atoms with Crippen LogP contribution in [0.2, 0.25) is 0 Å². The van der Waals surface area contributed by atoms with Gasteiger partial charge in [0.15, 0.2) is 5.11 Å². The average Bonchev–Trinajstić information content (AvgIpc) is 2.84. The van der Waals surface area contributed by atoms with Gasteiger partial charge in [-0.05, 0) is 50.3 Å². The largest absolute Gasteiger partial charge is 0.345 e. The van der Waals surface area contributed by atoms with E-state index in [9.17, 15) is 4.39 Å². The van der Waals surface area contributed by atoms with Crippen molar-refractivity contribution in [3.8, 4) is 0 Å². The highest BCUT2D eigenvalue weighted by Crippen LogP contribution is 2.28. The molecule has 1 aliphatic heterocycles. The molecule has 21 heavy (non-hydrogen) atoms. The lowest BCUT2D eigenvalue weighted by Crippen LogP contribution is -2.43. The number of nitrogens with zero attached hydrogens (tertiary/aromatic N) is 2. The minimum atomic E-state index is -0.288. The normalized spacial score (nSPS) is 17.5. The molecule has 1 N–H and O–H groups in total. The fraction of sp³-hybridized carbons (Fsp3) is 0.312. The number of para-hydroxylation sites is 1. The standard InChI is InChI=1S/C16H18FN3S/c1-11-7-8-15-12(2)20(10-9-19(11)15)16(21)18-14-6-4-3-5-13(14)17/h3-8,12H,9-10H2,1-2H3,(H,18,21)/t12-/m0/s1. The van der Waals surface area contributed by atoms with Crippen molar-refractivity contribution in [2.75, 3.05) is 11.9 Å². The number of halogens is 1. The lowest BCUT2D eigenvalue weighted by atomic mass is 10.1. The summed E-state index contributed by atoms with van der Waals surface area (Å²) in [6.07, 6.45) is 0. The fourth-order valence-electron chi connectivity index (χ4n) is 2.85. The number of anilines is 1. The minimum absolute atomic E-state index is 0.180. The predicted molar refractivity (Wildman–Crippen MR) is 86.9 cm³/mol. The first-order chi connectivity index (χ1) is 10.1. The summed E-state index contributed by atoms with van der Waals surface area (Å²) in [7, 11) is 0. The Morgan fingerprint density at radius 1 is 1.24 bits per heavy atom. The average molecular weight is 303 g/mol. The number of hydrogen-bond acceptors (Lipinski definition) is 1. The van der Waals surface area contributed by atoms with Crippen LogP contribution in [0.5, 0.6) is 0 Å². The number of aromatic nitrogens is 1. The summed E-state index contributed by atoms with van der Waals surface area (Å²) < 4.78 is 16.0. The van der Waals surface area contributed by atoms with Gasteiger partial charge in [-0.1, -0.05) is 12.1 Å². The van der Waals surface area contributed by atoms with Gasteiger partial charge < -0.3 is 14.8 Å². The summed E-state index contributed by atoms with van der Waals surface area (Å²) in [5.41, 5.74) is 2.94. The number of aryl methyl sites for hydroxylation is 1. The molecule has 2 aromatic rings. The minimum Gasteiger partial charge on any atom is -0.345 e. The first-order valence-electron chi connectivity index (χ1n) is 7.06. The molecule has 3 rings (SSSR count). The predicted octanol–water partition coefficient (Wildman–Crippen LogP) is 3.71. The molecule has 1 aliphatic rings. The Bertz CT molecular complexity index is 680. The highest BCUT2D eigenvalue weighted by Gasteiger charge is 2.26. The molecule has 0 aliphatic carbocycles. The van der Waals surface area contributed by atoms with E-state index in [0.717, 1.165) is 13.1 Å². The molecule has 0 bridgehead atoms. The second-order valence-corrected chi connectivity index (χ2v) is 5.72. The van der Waals surface area contributed by atoms with E-state index in [2.05, 4.69) is 40.8 Å². The Labute approximate surface area is 129 Å². The summed E-state index contributed by atoms with van der Waals surface area (Å²) >= 11 is 5.47. The Hall–Kier alpha value is -1.88. The van der Waals surface area contributed by atoms with Crippen molar-refractivity contribution in [2.45, 2.75) is 26.4 Å². The van der Waals surface area contributed by atoms with Crippen LogP contribution in [0.4, 0.5) is 10.1 Å². The van der Waals surface area contributed by atoms with Crippen molar-refractivity contribution in [1.82, 2.24) is 9.47 Å². The lowest BCUT2D eigenvalue weighted by molar-refractivity contribution is 0.274. The summed E-state index contributed by atoms with van der Waals surface area (Å²) in [4.78, 5) is 2.11. The van der Waals surface area contributed by atoms with Crippen LogP contribution >= 0.6 is 12.2 Å². The van der Waals surface area contributed by atoms with Crippen LogP contribution in [0.1, 0.15) is 24.4 Å². The molecule has 0 amide bonds. The Morgan fingerprint density at radius 3 is 2.76 bits per heavy atom. The molecule has 0 saturated carbocycles. The van der Waals surface area contributed by atoms with Crippen molar-refractivity contribution < 1.29 is 4.39 Å². The van der Waals surface area contributed by atoms with E-state index >= 15 is 0 Å². The maximum absolute atomic E-state index is 13.7. The summed E-state index contributed by atoms with van der Waals surface area (Å²) in [5, 5.41) is 3.59.